The van der Waals surface area contributed by atoms with Crippen LogP contribution in [0.25, 0.3) is 66.1 Å². The lowest BCUT2D eigenvalue weighted by molar-refractivity contribution is 0.770. The summed E-state index contributed by atoms with van der Waals surface area (Å²) in [6.07, 6.45) is 0. The first-order valence-corrected chi connectivity index (χ1v) is 26.3. The molecular formula is C67H46N2Si. The van der Waals surface area contributed by atoms with E-state index in [1.807, 2.05) is 0 Å². The molecule has 0 spiro atoms. The molecule has 0 bridgehead atoms. The summed E-state index contributed by atoms with van der Waals surface area (Å²) < 4.78 is 4.93. The van der Waals surface area contributed by atoms with Crippen molar-refractivity contribution in [3.63, 3.8) is 0 Å². The second kappa shape index (κ2) is 15.9. The van der Waals surface area contributed by atoms with Gasteiger partial charge in [-0.15, -0.1) is 0 Å². The van der Waals surface area contributed by atoms with Crippen molar-refractivity contribution < 1.29 is 0 Å². The van der Waals surface area contributed by atoms with Crippen LogP contribution in [0.5, 0.6) is 0 Å². The Morgan fingerprint density at radius 2 is 0.643 bits per heavy atom. The number of benzene rings is 11. The fourth-order valence-corrected chi connectivity index (χ4v) is 17.2. The van der Waals surface area contributed by atoms with Crippen LogP contribution >= 0.6 is 0 Å². The summed E-state index contributed by atoms with van der Waals surface area (Å²) in [6, 6.07) is 104. The van der Waals surface area contributed by atoms with Crippen molar-refractivity contribution in [3.8, 4) is 22.5 Å². The summed E-state index contributed by atoms with van der Waals surface area (Å²) in [5.41, 5.74) is 14.4. The van der Waals surface area contributed by atoms with Crippen molar-refractivity contribution >= 4 is 72.4 Å². The predicted octanol–water partition coefficient (Wildman–Crippen LogP) is 13.6. The van der Waals surface area contributed by atoms with Crippen LogP contribution in [0.2, 0.25) is 0 Å². The maximum Gasteiger partial charge on any atom is 0.179 e. The second-order valence-electron chi connectivity index (χ2n) is 18.7. The van der Waals surface area contributed by atoms with Crippen molar-refractivity contribution in [2.45, 2.75) is 5.41 Å². The van der Waals surface area contributed by atoms with E-state index < -0.39 is 13.5 Å². The molecule has 0 fully saturated rings. The lowest BCUT2D eigenvalue weighted by Crippen LogP contribution is -2.74. The number of aromatic nitrogens is 2. The van der Waals surface area contributed by atoms with E-state index in [0.29, 0.717) is 0 Å². The third-order valence-electron chi connectivity index (χ3n) is 15.4. The van der Waals surface area contributed by atoms with Gasteiger partial charge in [-0.1, -0.05) is 224 Å². The zero-order valence-corrected chi connectivity index (χ0v) is 39.5. The molecule has 0 saturated heterocycles. The molecular weight excluding hydrogens is 861 g/mol. The third kappa shape index (κ3) is 5.73. The van der Waals surface area contributed by atoms with Crippen molar-refractivity contribution in [3.05, 3.63) is 301 Å². The van der Waals surface area contributed by atoms with Gasteiger partial charge in [-0.05, 0) is 109 Å². The van der Waals surface area contributed by atoms with Crippen LogP contribution < -0.4 is 20.7 Å². The van der Waals surface area contributed by atoms with Crippen LogP contribution in [0, 0.1) is 0 Å². The smallest absolute Gasteiger partial charge is 0.179 e. The number of hydrogen-bond acceptors (Lipinski definition) is 0. The molecule has 1 aliphatic rings. The largest absolute Gasteiger partial charge is 0.309 e. The summed E-state index contributed by atoms with van der Waals surface area (Å²) in [7, 11) is -2.67. The number of rotatable bonds is 8. The van der Waals surface area contributed by atoms with Crippen molar-refractivity contribution in [2.75, 3.05) is 0 Å². The molecule has 2 heterocycles. The van der Waals surface area contributed by atoms with Gasteiger partial charge in [0.25, 0.3) is 0 Å². The fourth-order valence-electron chi connectivity index (χ4n) is 12.5. The van der Waals surface area contributed by atoms with E-state index >= 15 is 0 Å². The van der Waals surface area contributed by atoms with E-state index in [4.69, 9.17) is 0 Å². The highest BCUT2D eigenvalue weighted by atomic mass is 28.3. The number of nitrogens with zero attached hydrogens (tertiary/aromatic N) is 2. The van der Waals surface area contributed by atoms with E-state index in [2.05, 4.69) is 288 Å². The molecule has 11 aromatic carbocycles. The maximum absolute atomic E-state index is 2.67. The van der Waals surface area contributed by atoms with Gasteiger partial charge in [0.05, 0.1) is 27.5 Å². The van der Waals surface area contributed by atoms with Crippen LogP contribution in [-0.4, -0.2) is 17.2 Å². The average Bonchev–Trinajstić information content (AvgIpc) is 4.06. The summed E-state index contributed by atoms with van der Waals surface area (Å²) >= 11 is 0. The van der Waals surface area contributed by atoms with Gasteiger partial charge in [0.15, 0.2) is 8.07 Å². The van der Waals surface area contributed by atoms with E-state index in [0.717, 1.165) is 11.4 Å². The first kappa shape index (κ1) is 40.3. The fraction of sp³-hybridized carbons (Fsp3) is 0.0149. The van der Waals surface area contributed by atoms with Crippen molar-refractivity contribution in [1.82, 2.24) is 9.13 Å². The molecule has 328 valence electrons. The Hall–Kier alpha value is -8.76. The molecule has 13 aromatic rings. The molecule has 70 heavy (non-hydrogen) atoms. The minimum absolute atomic E-state index is 0.473. The molecule has 0 radical (unpaired) electrons. The Balaban J connectivity index is 0.939. The lowest BCUT2D eigenvalue weighted by atomic mass is 9.67. The van der Waals surface area contributed by atoms with Crippen molar-refractivity contribution in [1.29, 1.82) is 0 Å². The maximum atomic E-state index is 2.49. The molecule has 2 nitrogen and oxygen atoms in total. The summed E-state index contributed by atoms with van der Waals surface area (Å²) in [5.74, 6) is 0. The van der Waals surface area contributed by atoms with Crippen LogP contribution in [-0.2, 0) is 5.41 Å². The van der Waals surface area contributed by atoms with Gasteiger partial charge in [0.1, 0.15) is 0 Å². The van der Waals surface area contributed by atoms with E-state index in [9.17, 15) is 0 Å². The Bertz CT molecular complexity index is 3950. The molecule has 0 amide bonds. The predicted molar refractivity (Wildman–Crippen MR) is 296 cm³/mol. The molecule has 0 atom stereocenters. The first-order chi connectivity index (χ1) is 34.7. The second-order valence-corrected chi connectivity index (χ2v) is 22.6. The lowest BCUT2D eigenvalue weighted by Gasteiger charge is -2.34. The molecule has 2 aromatic heterocycles. The topological polar surface area (TPSA) is 9.86 Å². The molecule has 14 rings (SSSR count). The van der Waals surface area contributed by atoms with E-state index in [1.165, 1.54) is 97.7 Å². The summed E-state index contributed by atoms with van der Waals surface area (Å²) in [6.45, 7) is 0. The van der Waals surface area contributed by atoms with Gasteiger partial charge in [-0.3, -0.25) is 0 Å². The quantitative estimate of drug-likeness (QED) is 0.106. The van der Waals surface area contributed by atoms with Gasteiger partial charge in [-0.2, -0.15) is 0 Å². The van der Waals surface area contributed by atoms with Gasteiger partial charge in [-0.25, -0.2) is 0 Å². The number of para-hydroxylation sites is 2. The zero-order valence-electron chi connectivity index (χ0n) is 38.5. The highest BCUT2D eigenvalue weighted by Crippen LogP contribution is 2.56. The Labute approximate surface area is 408 Å². The van der Waals surface area contributed by atoms with E-state index in [-0.39, 0.29) is 0 Å². The standard InChI is InChI=1S/C67H46N2Si/c1-5-21-47(22-6-1)67(61-33-17-13-29-55(61)56-30-14-18-34-62(56)67)48-37-43-65-59(45-48)57-31-15-20-36-64(57)69(65)50-40-44-66-60(46-50)58-32-16-19-35-63(58)68(66)49-38-41-54(42-39-49)70(51-23-7-2-8-24-51,52-25-9-3-10-26-52)53-27-11-4-12-28-53/h1-46H. The Morgan fingerprint density at radius 1 is 0.257 bits per heavy atom. The van der Waals surface area contributed by atoms with Gasteiger partial charge in [0, 0.05) is 32.9 Å². The molecule has 1 aliphatic carbocycles. The molecule has 0 aliphatic heterocycles. The van der Waals surface area contributed by atoms with Crippen molar-refractivity contribution in [2.24, 2.45) is 0 Å². The first-order valence-electron chi connectivity index (χ1n) is 24.3. The summed E-state index contributed by atoms with van der Waals surface area (Å²) in [5, 5.41) is 10.4. The van der Waals surface area contributed by atoms with Gasteiger partial charge >= 0.3 is 0 Å². The highest BCUT2D eigenvalue weighted by molar-refractivity contribution is 7.19. The number of hydrogen-bond donors (Lipinski definition) is 0. The average molecular weight is 907 g/mol. The van der Waals surface area contributed by atoms with Crippen LogP contribution in [0.3, 0.4) is 0 Å². The molecule has 3 heteroatoms. The minimum atomic E-state index is -2.67. The normalized spacial score (nSPS) is 13.0. The van der Waals surface area contributed by atoms with Gasteiger partial charge < -0.3 is 9.13 Å². The van der Waals surface area contributed by atoms with Crippen LogP contribution in [0.4, 0.5) is 0 Å². The SMILES string of the molecule is c1ccc(C2(c3ccc4c(c3)c3ccccc3n4-c3ccc4c(c3)c3ccccc3n4-c3ccc([Si](c4ccccc4)(c4ccccc4)c4ccccc4)cc3)c3ccccc3-c3ccccc32)cc1. The van der Waals surface area contributed by atoms with E-state index in [1.54, 1.807) is 0 Å². The summed E-state index contributed by atoms with van der Waals surface area (Å²) in [4.78, 5) is 0. The van der Waals surface area contributed by atoms with Gasteiger partial charge in [0.2, 0.25) is 0 Å². The van der Waals surface area contributed by atoms with Crippen LogP contribution in [0.1, 0.15) is 22.3 Å². The minimum Gasteiger partial charge on any atom is -0.309 e. The zero-order chi connectivity index (χ0) is 46.2. The Kier molecular flexibility index (Phi) is 9.17. The molecule has 0 N–H and O–H groups in total. The molecule has 0 saturated carbocycles. The Morgan fingerprint density at radius 3 is 1.19 bits per heavy atom. The monoisotopic (exact) mass is 906 g/mol. The van der Waals surface area contributed by atoms with Crippen LogP contribution in [0.15, 0.2) is 279 Å². The molecule has 0 unspecified atom stereocenters. The highest BCUT2D eigenvalue weighted by Gasteiger charge is 2.46. The number of fused-ring (bicyclic) bond motifs is 9. The third-order valence-corrected chi connectivity index (χ3v) is 20.2.